The van der Waals surface area contributed by atoms with Crippen molar-refractivity contribution in [2.75, 3.05) is 6.61 Å². The molecule has 0 unspecified atom stereocenters. The van der Waals surface area contributed by atoms with E-state index in [1.54, 1.807) is 6.26 Å². The summed E-state index contributed by atoms with van der Waals surface area (Å²) in [6.45, 7) is 4.54. The Morgan fingerprint density at radius 3 is 2.71 bits per heavy atom. The van der Waals surface area contributed by atoms with Crippen LogP contribution in [0.2, 0.25) is 0 Å². The first-order valence-corrected chi connectivity index (χ1v) is 7.84. The Kier molecular flexibility index (Phi) is 6.89. The normalized spacial score (nSPS) is 10.7. The van der Waals surface area contributed by atoms with E-state index in [0.29, 0.717) is 0 Å². The summed E-state index contributed by atoms with van der Waals surface area (Å²) in [7, 11) is 0. The Labute approximate surface area is 127 Å². The molecule has 0 fully saturated rings. The minimum Gasteiger partial charge on any atom is -0.493 e. The van der Waals surface area contributed by atoms with Crippen LogP contribution in [0.3, 0.4) is 0 Å². The van der Waals surface area contributed by atoms with Gasteiger partial charge in [-0.1, -0.05) is 44.4 Å². The second-order valence-electron chi connectivity index (χ2n) is 5.20. The highest BCUT2D eigenvalue weighted by Crippen LogP contribution is 2.18. The summed E-state index contributed by atoms with van der Waals surface area (Å²) in [5.74, 6) is 1.94. The quantitative estimate of drug-likeness (QED) is 0.652. The molecular formula is C18H25NO2. The second-order valence-corrected chi connectivity index (χ2v) is 5.20. The molecule has 0 amide bonds. The van der Waals surface area contributed by atoms with Crippen molar-refractivity contribution in [3.05, 3.63) is 54.0 Å². The first kappa shape index (κ1) is 15.6. The predicted octanol–water partition coefficient (Wildman–Crippen LogP) is 4.53. The van der Waals surface area contributed by atoms with Crippen molar-refractivity contribution in [1.82, 2.24) is 5.32 Å². The van der Waals surface area contributed by atoms with Crippen LogP contribution < -0.4 is 10.1 Å². The molecule has 0 aliphatic carbocycles. The fraction of sp³-hybridized carbons (Fsp3) is 0.444. The highest BCUT2D eigenvalue weighted by Gasteiger charge is 2.03. The van der Waals surface area contributed by atoms with Gasteiger partial charge < -0.3 is 14.5 Å². The van der Waals surface area contributed by atoms with Gasteiger partial charge in [0.15, 0.2) is 0 Å². The molecule has 0 spiro atoms. The lowest BCUT2D eigenvalue weighted by Crippen LogP contribution is -2.13. The smallest absolute Gasteiger partial charge is 0.123 e. The van der Waals surface area contributed by atoms with Crippen molar-refractivity contribution < 1.29 is 9.15 Å². The van der Waals surface area contributed by atoms with Crippen LogP contribution in [0.5, 0.6) is 5.75 Å². The molecule has 0 bridgehead atoms. The van der Waals surface area contributed by atoms with Crippen LogP contribution in [-0.2, 0) is 13.1 Å². The van der Waals surface area contributed by atoms with Crippen LogP contribution in [0, 0.1) is 0 Å². The van der Waals surface area contributed by atoms with Gasteiger partial charge in [-0.3, -0.25) is 0 Å². The van der Waals surface area contributed by atoms with Crippen molar-refractivity contribution >= 4 is 0 Å². The zero-order chi connectivity index (χ0) is 14.8. The summed E-state index contributed by atoms with van der Waals surface area (Å²) in [6.07, 6.45) is 6.62. The van der Waals surface area contributed by atoms with E-state index in [1.807, 2.05) is 30.3 Å². The van der Waals surface area contributed by atoms with E-state index in [4.69, 9.17) is 9.15 Å². The number of hydrogen-bond acceptors (Lipinski definition) is 3. The molecule has 0 radical (unpaired) electrons. The number of unbranched alkanes of at least 4 members (excludes halogenated alkanes) is 3. The summed E-state index contributed by atoms with van der Waals surface area (Å²) in [6, 6.07) is 12.1. The Morgan fingerprint density at radius 2 is 1.90 bits per heavy atom. The topological polar surface area (TPSA) is 34.4 Å². The maximum Gasteiger partial charge on any atom is 0.123 e. The van der Waals surface area contributed by atoms with Crippen LogP contribution in [0.15, 0.2) is 47.1 Å². The van der Waals surface area contributed by atoms with E-state index in [2.05, 4.69) is 18.3 Å². The Morgan fingerprint density at radius 1 is 1.00 bits per heavy atom. The average Bonchev–Trinajstić information content (AvgIpc) is 3.02. The molecule has 1 heterocycles. The van der Waals surface area contributed by atoms with E-state index >= 15 is 0 Å². The molecule has 3 nitrogen and oxygen atoms in total. The van der Waals surface area contributed by atoms with Gasteiger partial charge in [0.25, 0.3) is 0 Å². The number of hydrogen-bond donors (Lipinski definition) is 1. The maximum absolute atomic E-state index is 5.91. The second kappa shape index (κ2) is 9.24. The number of benzene rings is 1. The molecule has 0 aliphatic heterocycles. The van der Waals surface area contributed by atoms with E-state index in [9.17, 15) is 0 Å². The molecule has 1 aromatic carbocycles. The van der Waals surface area contributed by atoms with E-state index in [1.165, 1.54) is 24.8 Å². The molecule has 2 rings (SSSR count). The van der Waals surface area contributed by atoms with Gasteiger partial charge in [-0.05, 0) is 24.6 Å². The van der Waals surface area contributed by atoms with E-state index in [0.717, 1.165) is 37.6 Å². The van der Waals surface area contributed by atoms with E-state index < -0.39 is 0 Å². The zero-order valence-electron chi connectivity index (χ0n) is 12.8. The SMILES string of the molecule is CCCCCCOc1ccccc1CNCc1ccco1. The van der Waals surface area contributed by atoms with Gasteiger partial charge in [-0.2, -0.15) is 0 Å². The lowest BCUT2D eigenvalue weighted by Gasteiger charge is -2.11. The summed E-state index contributed by atoms with van der Waals surface area (Å²) >= 11 is 0. The molecule has 0 aliphatic rings. The fourth-order valence-corrected chi connectivity index (χ4v) is 2.24. The first-order chi connectivity index (χ1) is 10.4. The van der Waals surface area contributed by atoms with Crippen molar-refractivity contribution in [1.29, 1.82) is 0 Å². The highest BCUT2D eigenvalue weighted by molar-refractivity contribution is 5.33. The maximum atomic E-state index is 5.91. The molecule has 21 heavy (non-hydrogen) atoms. The van der Waals surface area contributed by atoms with Crippen LogP contribution in [0.25, 0.3) is 0 Å². The molecule has 114 valence electrons. The largest absolute Gasteiger partial charge is 0.493 e. The standard InChI is InChI=1S/C18H25NO2/c1-2-3-4-7-12-21-18-11-6-5-9-16(18)14-19-15-17-10-8-13-20-17/h5-6,8-11,13,19H,2-4,7,12,14-15H2,1H3. The molecule has 2 aromatic rings. The predicted molar refractivity (Wildman–Crippen MR) is 85.3 cm³/mol. The summed E-state index contributed by atoms with van der Waals surface area (Å²) in [5, 5.41) is 3.38. The lowest BCUT2D eigenvalue weighted by molar-refractivity contribution is 0.301. The van der Waals surface area contributed by atoms with Crippen LogP contribution in [0.1, 0.15) is 43.9 Å². The summed E-state index contributed by atoms with van der Waals surface area (Å²) in [4.78, 5) is 0. The Hall–Kier alpha value is -1.74. The number of ether oxygens (including phenoxy) is 1. The van der Waals surface area contributed by atoms with Gasteiger partial charge in [0.2, 0.25) is 0 Å². The van der Waals surface area contributed by atoms with Gasteiger partial charge in [-0.25, -0.2) is 0 Å². The van der Waals surface area contributed by atoms with Crippen LogP contribution in [-0.4, -0.2) is 6.61 Å². The van der Waals surface area contributed by atoms with Gasteiger partial charge in [0, 0.05) is 12.1 Å². The minimum atomic E-state index is 0.734. The lowest BCUT2D eigenvalue weighted by atomic mass is 10.2. The van der Waals surface area contributed by atoms with Crippen molar-refractivity contribution in [3.8, 4) is 5.75 Å². The average molecular weight is 287 g/mol. The molecule has 1 N–H and O–H groups in total. The summed E-state index contributed by atoms with van der Waals surface area (Å²) < 4.78 is 11.2. The molecule has 0 atom stereocenters. The van der Waals surface area contributed by atoms with Gasteiger partial charge in [0.1, 0.15) is 11.5 Å². The molecule has 3 heteroatoms. The third-order valence-corrected chi connectivity index (χ3v) is 3.42. The number of rotatable bonds is 10. The van der Waals surface area contributed by atoms with Crippen molar-refractivity contribution in [2.45, 2.75) is 45.7 Å². The van der Waals surface area contributed by atoms with Crippen molar-refractivity contribution in [3.63, 3.8) is 0 Å². The zero-order valence-corrected chi connectivity index (χ0v) is 12.8. The third-order valence-electron chi connectivity index (χ3n) is 3.42. The van der Waals surface area contributed by atoms with Gasteiger partial charge in [0.05, 0.1) is 19.4 Å². The summed E-state index contributed by atoms with van der Waals surface area (Å²) in [5.41, 5.74) is 1.19. The Balaban J connectivity index is 1.76. The third kappa shape index (κ3) is 5.64. The number of furan rings is 1. The number of nitrogens with one attached hydrogen (secondary N) is 1. The monoisotopic (exact) mass is 287 g/mol. The fourth-order valence-electron chi connectivity index (χ4n) is 2.24. The molecule has 1 aromatic heterocycles. The van der Waals surface area contributed by atoms with Crippen LogP contribution >= 0.6 is 0 Å². The Bertz CT molecular complexity index is 494. The van der Waals surface area contributed by atoms with Gasteiger partial charge in [-0.15, -0.1) is 0 Å². The van der Waals surface area contributed by atoms with Crippen LogP contribution in [0.4, 0.5) is 0 Å². The minimum absolute atomic E-state index is 0.734. The highest BCUT2D eigenvalue weighted by atomic mass is 16.5. The first-order valence-electron chi connectivity index (χ1n) is 7.84. The van der Waals surface area contributed by atoms with Gasteiger partial charge >= 0.3 is 0 Å². The van der Waals surface area contributed by atoms with Crippen molar-refractivity contribution in [2.24, 2.45) is 0 Å². The molecule has 0 saturated carbocycles. The number of para-hydroxylation sites is 1. The molecular weight excluding hydrogens is 262 g/mol. The van der Waals surface area contributed by atoms with E-state index in [-0.39, 0.29) is 0 Å². The molecule has 0 saturated heterocycles.